The summed E-state index contributed by atoms with van der Waals surface area (Å²) >= 11 is 0. The lowest BCUT2D eigenvalue weighted by Gasteiger charge is -2.27. The fourth-order valence-electron chi connectivity index (χ4n) is 5.37. The summed E-state index contributed by atoms with van der Waals surface area (Å²) in [6.07, 6.45) is 3.47. The minimum atomic E-state index is 0.0299. The van der Waals surface area contributed by atoms with E-state index in [1.807, 2.05) is 6.07 Å². The van der Waals surface area contributed by atoms with Gasteiger partial charge in [0, 0.05) is 40.8 Å². The largest absolute Gasteiger partial charge is 0.357 e. The van der Waals surface area contributed by atoms with Crippen molar-refractivity contribution in [3.8, 4) is 11.1 Å². The van der Waals surface area contributed by atoms with E-state index in [0.29, 0.717) is 18.6 Å². The van der Waals surface area contributed by atoms with E-state index in [-0.39, 0.29) is 5.91 Å². The molecule has 6 rings (SSSR count). The Morgan fingerprint density at radius 1 is 1.00 bits per heavy atom. The second kappa shape index (κ2) is 7.64. The second-order valence-electron chi connectivity index (χ2n) is 9.08. The van der Waals surface area contributed by atoms with Crippen LogP contribution in [0.1, 0.15) is 64.6 Å². The number of aromatic nitrogens is 1. The van der Waals surface area contributed by atoms with Crippen LogP contribution in [-0.2, 0) is 13.0 Å². The van der Waals surface area contributed by atoms with Crippen LogP contribution in [0.25, 0.3) is 22.0 Å². The first-order valence-electron chi connectivity index (χ1n) is 11.5. The molecular formula is C28H27N3O. The Balaban J connectivity index is 1.33. The maximum absolute atomic E-state index is 11.9. The van der Waals surface area contributed by atoms with Crippen LogP contribution in [-0.4, -0.2) is 10.9 Å². The summed E-state index contributed by atoms with van der Waals surface area (Å²) < 4.78 is 0. The number of H-pyrrole nitrogens is 1. The van der Waals surface area contributed by atoms with Crippen LogP contribution in [0.4, 0.5) is 0 Å². The highest BCUT2D eigenvalue weighted by Gasteiger charge is 2.26. The molecule has 4 nitrogen and oxygen atoms in total. The van der Waals surface area contributed by atoms with E-state index in [2.05, 4.69) is 83.2 Å². The van der Waals surface area contributed by atoms with Crippen molar-refractivity contribution in [2.24, 2.45) is 0 Å². The van der Waals surface area contributed by atoms with Crippen molar-refractivity contribution < 1.29 is 4.79 Å². The zero-order valence-electron chi connectivity index (χ0n) is 18.2. The molecule has 4 aromatic rings. The topological polar surface area (TPSA) is 56.9 Å². The molecule has 0 radical (unpaired) electrons. The minimum Gasteiger partial charge on any atom is -0.357 e. The second-order valence-corrected chi connectivity index (χ2v) is 9.08. The number of carbonyl (C=O) groups excluding carboxylic acids is 1. The normalized spacial score (nSPS) is 18.3. The first-order valence-corrected chi connectivity index (χ1v) is 11.5. The van der Waals surface area contributed by atoms with Gasteiger partial charge in [0.05, 0.1) is 0 Å². The van der Waals surface area contributed by atoms with Gasteiger partial charge in [-0.1, -0.05) is 48.5 Å². The van der Waals surface area contributed by atoms with Crippen LogP contribution in [0.15, 0.2) is 66.7 Å². The van der Waals surface area contributed by atoms with Gasteiger partial charge in [-0.2, -0.15) is 0 Å². The van der Waals surface area contributed by atoms with E-state index >= 15 is 0 Å². The Hall–Kier alpha value is -3.37. The average molecular weight is 422 g/mol. The van der Waals surface area contributed by atoms with Gasteiger partial charge in [0.1, 0.15) is 0 Å². The zero-order valence-corrected chi connectivity index (χ0v) is 18.2. The standard InChI is InChI=1S/C28H27N3O/c1-17(18-6-3-2-4-7-18)30-25-9-5-8-24-23-13-11-20(15-26(23)31-27(24)25)19-10-12-22-21(14-19)16-29-28(22)32/h2-4,6-7,10-15,17,25,30-31H,5,8-9,16H2,1H3,(H,29,32)/t17-,25?/m1/s1. The number of amides is 1. The molecule has 0 fully saturated rings. The zero-order chi connectivity index (χ0) is 21.7. The van der Waals surface area contributed by atoms with Crippen molar-refractivity contribution in [3.05, 3.63) is 94.7 Å². The number of hydrogen-bond acceptors (Lipinski definition) is 2. The van der Waals surface area contributed by atoms with Crippen LogP contribution in [0.5, 0.6) is 0 Å². The Labute approximate surface area is 188 Å². The molecular weight excluding hydrogens is 394 g/mol. The van der Waals surface area contributed by atoms with E-state index in [4.69, 9.17) is 0 Å². The first-order chi connectivity index (χ1) is 15.7. The lowest BCUT2D eigenvalue weighted by atomic mass is 9.90. The van der Waals surface area contributed by atoms with E-state index in [9.17, 15) is 4.79 Å². The van der Waals surface area contributed by atoms with E-state index in [1.165, 1.54) is 39.7 Å². The van der Waals surface area contributed by atoms with Crippen LogP contribution in [0.2, 0.25) is 0 Å². The highest BCUT2D eigenvalue weighted by molar-refractivity contribution is 5.99. The number of aromatic amines is 1. The molecule has 0 saturated carbocycles. The van der Waals surface area contributed by atoms with Gasteiger partial charge >= 0.3 is 0 Å². The van der Waals surface area contributed by atoms with Gasteiger partial charge in [0.25, 0.3) is 5.91 Å². The number of benzene rings is 3. The average Bonchev–Trinajstić information content (AvgIpc) is 3.40. The van der Waals surface area contributed by atoms with Crippen molar-refractivity contribution in [1.29, 1.82) is 0 Å². The summed E-state index contributed by atoms with van der Waals surface area (Å²) in [5.41, 5.74) is 9.53. The fourth-order valence-corrected chi connectivity index (χ4v) is 5.37. The number of hydrogen-bond donors (Lipinski definition) is 3. The predicted molar refractivity (Wildman–Crippen MR) is 129 cm³/mol. The molecule has 2 heterocycles. The highest BCUT2D eigenvalue weighted by Crippen LogP contribution is 2.37. The van der Waals surface area contributed by atoms with E-state index < -0.39 is 0 Å². The first kappa shape index (κ1) is 19.3. The Morgan fingerprint density at radius 3 is 2.69 bits per heavy atom. The van der Waals surface area contributed by atoms with Gasteiger partial charge < -0.3 is 15.6 Å². The van der Waals surface area contributed by atoms with Crippen molar-refractivity contribution in [2.45, 2.75) is 44.8 Å². The molecule has 1 unspecified atom stereocenters. The summed E-state index contributed by atoms with van der Waals surface area (Å²) in [7, 11) is 0. The summed E-state index contributed by atoms with van der Waals surface area (Å²) in [6.45, 7) is 2.87. The molecule has 1 amide bonds. The molecule has 3 N–H and O–H groups in total. The van der Waals surface area contributed by atoms with Crippen molar-refractivity contribution in [3.63, 3.8) is 0 Å². The monoisotopic (exact) mass is 421 g/mol. The molecule has 2 aliphatic rings. The molecule has 0 bridgehead atoms. The summed E-state index contributed by atoms with van der Waals surface area (Å²) in [4.78, 5) is 15.6. The number of fused-ring (bicyclic) bond motifs is 4. The maximum Gasteiger partial charge on any atom is 0.251 e. The van der Waals surface area contributed by atoms with Gasteiger partial charge in [0.2, 0.25) is 0 Å². The molecule has 160 valence electrons. The smallest absolute Gasteiger partial charge is 0.251 e. The van der Waals surface area contributed by atoms with Crippen LogP contribution in [0.3, 0.4) is 0 Å². The van der Waals surface area contributed by atoms with Gasteiger partial charge in [-0.05, 0) is 72.2 Å². The third-order valence-electron chi connectivity index (χ3n) is 7.08. The summed E-state index contributed by atoms with van der Waals surface area (Å²) in [6, 6.07) is 24.2. The number of nitrogens with one attached hydrogen (secondary N) is 3. The fraction of sp³-hybridized carbons (Fsp3) is 0.250. The van der Waals surface area contributed by atoms with Crippen molar-refractivity contribution >= 4 is 16.8 Å². The highest BCUT2D eigenvalue weighted by atomic mass is 16.1. The van der Waals surface area contributed by atoms with Crippen LogP contribution in [0, 0.1) is 0 Å². The number of aryl methyl sites for hydroxylation is 1. The molecule has 4 heteroatoms. The minimum absolute atomic E-state index is 0.0299. The lowest BCUT2D eigenvalue weighted by Crippen LogP contribution is -2.27. The summed E-state index contributed by atoms with van der Waals surface area (Å²) in [5.74, 6) is 0.0299. The van der Waals surface area contributed by atoms with Gasteiger partial charge in [0.15, 0.2) is 0 Å². The van der Waals surface area contributed by atoms with Gasteiger partial charge in [-0.25, -0.2) is 0 Å². The molecule has 1 aromatic heterocycles. The Kier molecular flexibility index (Phi) is 4.62. The quantitative estimate of drug-likeness (QED) is 0.390. The van der Waals surface area contributed by atoms with Crippen LogP contribution < -0.4 is 10.6 Å². The van der Waals surface area contributed by atoms with Crippen molar-refractivity contribution in [2.75, 3.05) is 0 Å². The SMILES string of the molecule is C[C@@H](NC1CCCc2c1[nH]c1cc(-c3ccc4c(c3)CNC4=O)ccc21)c1ccccc1. The Morgan fingerprint density at radius 2 is 1.81 bits per heavy atom. The molecule has 1 aliphatic heterocycles. The lowest BCUT2D eigenvalue weighted by molar-refractivity contribution is 0.0966. The molecule has 0 saturated heterocycles. The van der Waals surface area contributed by atoms with Gasteiger partial charge in [-0.3, -0.25) is 4.79 Å². The number of carbonyl (C=O) groups is 1. The van der Waals surface area contributed by atoms with Gasteiger partial charge in [-0.15, -0.1) is 0 Å². The Bertz CT molecular complexity index is 1320. The van der Waals surface area contributed by atoms with E-state index in [0.717, 1.165) is 29.5 Å². The molecule has 0 spiro atoms. The molecule has 1 aliphatic carbocycles. The third-order valence-corrected chi connectivity index (χ3v) is 7.08. The molecule has 32 heavy (non-hydrogen) atoms. The number of rotatable bonds is 4. The summed E-state index contributed by atoms with van der Waals surface area (Å²) in [5, 5.41) is 8.10. The third kappa shape index (κ3) is 3.23. The molecule has 3 aromatic carbocycles. The van der Waals surface area contributed by atoms with E-state index in [1.54, 1.807) is 0 Å². The molecule has 2 atom stereocenters. The van der Waals surface area contributed by atoms with Crippen molar-refractivity contribution in [1.82, 2.24) is 15.6 Å². The van der Waals surface area contributed by atoms with Crippen LogP contribution >= 0.6 is 0 Å². The maximum atomic E-state index is 11.9. The predicted octanol–water partition coefficient (Wildman–Crippen LogP) is 5.81.